The van der Waals surface area contributed by atoms with Crippen LogP contribution in [0, 0.1) is 5.92 Å². The summed E-state index contributed by atoms with van der Waals surface area (Å²) in [5.74, 6) is -1.09. The van der Waals surface area contributed by atoms with Crippen molar-refractivity contribution in [2.24, 2.45) is 5.92 Å². The normalized spacial score (nSPS) is 46.4. The van der Waals surface area contributed by atoms with E-state index in [2.05, 4.69) is 4.74 Å². The topological polar surface area (TPSA) is 65.1 Å². The zero-order valence-electron chi connectivity index (χ0n) is 9.90. The van der Waals surface area contributed by atoms with Crippen LogP contribution in [-0.2, 0) is 23.8 Å². The zero-order valence-corrected chi connectivity index (χ0v) is 9.90. The van der Waals surface area contributed by atoms with Crippen LogP contribution in [0.25, 0.3) is 0 Å². The molecule has 90 valence electrons. The summed E-state index contributed by atoms with van der Waals surface area (Å²) in [6.45, 7) is 5.27. The Labute approximate surface area is 94.0 Å². The van der Waals surface area contributed by atoms with Crippen LogP contribution in [0.2, 0.25) is 0 Å². The third-order valence-corrected chi connectivity index (χ3v) is 3.78. The molecule has 0 aromatic rings. The van der Waals surface area contributed by atoms with Crippen molar-refractivity contribution in [3.63, 3.8) is 0 Å². The van der Waals surface area contributed by atoms with Crippen LogP contribution in [0.5, 0.6) is 0 Å². The third-order valence-electron chi connectivity index (χ3n) is 3.78. The van der Waals surface area contributed by atoms with E-state index in [1.165, 1.54) is 7.11 Å². The standard InChI is InChI=1S/C11H16O5/c1-6-5-11(7(2)15-11)9(13)16-10(6,3)8(12)14-4/h6-7H,5H2,1-4H3/t6-,7-,10+,11-/m1/s1. The molecule has 2 fully saturated rings. The predicted octanol–water partition coefficient (Wildman–Crippen LogP) is 0.659. The molecule has 5 heteroatoms. The molecule has 0 saturated carbocycles. The van der Waals surface area contributed by atoms with E-state index < -0.39 is 23.1 Å². The van der Waals surface area contributed by atoms with Crippen LogP contribution in [0.3, 0.4) is 0 Å². The van der Waals surface area contributed by atoms with Gasteiger partial charge >= 0.3 is 11.9 Å². The summed E-state index contributed by atoms with van der Waals surface area (Å²) in [6, 6.07) is 0. The van der Waals surface area contributed by atoms with Crippen LogP contribution < -0.4 is 0 Å². The Morgan fingerprint density at radius 1 is 1.50 bits per heavy atom. The van der Waals surface area contributed by atoms with E-state index in [-0.39, 0.29) is 12.0 Å². The highest BCUT2D eigenvalue weighted by Gasteiger charge is 2.68. The summed E-state index contributed by atoms with van der Waals surface area (Å²) in [7, 11) is 1.29. The monoisotopic (exact) mass is 228 g/mol. The highest BCUT2D eigenvalue weighted by atomic mass is 16.7. The Morgan fingerprint density at radius 3 is 2.50 bits per heavy atom. The van der Waals surface area contributed by atoms with Gasteiger partial charge in [0.1, 0.15) is 0 Å². The first-order valence-electron chi connectivity index (χ1n) is 5.36. The van der Waals surface area contributed by atoms with Crippen molar-refractivity contribution in [1.82, 2.24) is 0 Å². The molecule has 0 N–H and O–H groups in total. The third kappa shape index (κ3) is 1.27. The molecule has 16 heavy (non-hydrogen) atoms. The quantitative estimate of drug-likeness (QED) is 0.487. The van der Waals surface area contributed by atoms with Gasteiger partial charge in [-0.15, -0.1) is 0 Å². The largest absolute Gasteiger partial charge is 0.466 e. The first-order valence-corrected chi connectivity index (χ1v) is 5.36. The van der Waals surface area contributed by atoms with Gasteiger partial charge in [-0.05, 0) is 20.3 Å². The SMILES string of the molecule is COC(=O)[C@@]1(C)OC(=O)[C@]2(C[C@H]1C)O[C@@H]2C. The van der Waals surface area contributed by atoms with Crippen molar-refractivity contribution < 1.29 is 23.8 Å². The van der Waals surface area contributed by atoms with Gasteiger partial charge in [0.15, 0.2) is 5.60 Å². The highest BCUT2D eigenvalue weighted by molar-refractivity contribution is 5.90. The fourth-order valence-corrected chi connectivity index (χ4v) is 2.27. The summed E-state index contributed by atoms with van der Waals surface area (Å²) >= 11 is 0. The van der Waals surface area contributed by atoms with E-state index >= 15 is 0 Å². The highest BCUT2D eigenvalue weighted by Crippen LogP contribution is 2.49. The Bertz CT molecular complexity index is 352. The number of cyclic esters (lactones) is 1. The lowest BCUT2D eigenvalue weighted by Gasteiger charge is -2.38. The Hall–Kier alpha value is -1.10. The molecule has 0 bridgehead atoms. The second-order valence-electron chi connectivity index (χ2n) is 4.74. The van der Waals surface area contributed by atoms with E-state index in [0.717, 1.165) is 0 Å². The molecule has 0 amide bonds. The number of ether oxygens (including phenoxy) is 3. The van der Waals surface area contributed by atoms with Gasteiger partial charge in [-0.3, -0.25) is 0 Å². The predicted molar refractivity (Wildman–Crippen MR) is 53.6 cm³/mol. The van der Waals surface area contributed by atoms with E-state index in [9.17, 15) is 9.59 Å². The molecule has 5 nitrogen and oxygen atoms in total. The number of epoxide rings is 1. The molecular formula is C11H16O5. The lowest BCUT2D eigenvalue weighted by Crippen LogP contribution is -2.55. The summed E-state index contributed by atoms with van der Waals surface area (Å²) in [4.78, 5) is 23.4. The van der Waals surface area contributed by atoms with Crippen LogP contribution in [0.15, 0.2) is 0 Å². The van der Waals surface area contributed by atoms with Gasteiger partial charge in [-0.25, -0.2) is 9.59 Å². The number of methoxy groups -OCH3 is 1. The van der Waals surface area contributed by atoms with E-state index in [4.69, 9.17) is 9.47 Å². The van der Waals surface area contributed by atoms with Gasteiger partial charge < -0.3 is 14.2 Å². The van der Waals surface area contributed by atoms with Crippen molar-refractivity contribution in [1.29, 1.82) is 0 Å². The average Bonchev–Trinajstić information content (AvgIpc) is 2.86. The first-order chi connectivity index (χ1) is 7.36. The number of carbonyl (C=O) groups excluding carboxylic acids is 2. The lowest BCUT2D eigenvalue weighted by atomic mass is 9.79. The van der Waals surface area contributed by atoms with Crippen molar-refractivity contribution in [3.8, 4) is 0 Å². The number of hydrogen-bond donors (Lipinski definition) is 0. The van der Waals surface area contributed by atoms with Crippen molar-refractivity contribution >= 4 is 11.9 Å². The van der Waals surface area contributed by atoms with Crippen LogP contribution >= 0.6 is 0 Å². The molecule has 2 heterocycles. The molecule has 1 spiro atoms. The molecule has 0 radical (unpaired) electrons. The van der Waals surface area contributed by atoms with E-state index in [1.54, 1.807) is 6.92 Å². The van der Waals surface area contributed by atoms with Gasteiger partial charge in [-0.2, -0.15) is 0 Å². The minimum Gasteiger partial charge on any atom is -0.466 e. The summed E-state index contributed by atoms with van der Waals surface area (Å²) < 4.78 is 15.2. The van der Waals surface area contributed by atoms with Crippen molar-refractivity contribution in [2.45, 2.75) is 44.5 Å². The first kappa shape index (κ1) is 11.4. The number of esters is 2. The summed E-state index contributed by atoms with van der Waals surface area (Å²) in [5.41, 5.74) is -2.00. The van der Waals surface area contributed by atoms with Gasteiger partial charge in [0.05, 0.1) is 13.2 Å². The minimum absolute atomic E-state index is 0.121. The Morgan fingerprint density at radius 2 is 2.06 bits per heavy atom. The summed E-state index contributed by atoms with van der Waals surface area (Å²) in [6.07, 6.45) is 0.378. The molecule has 2 aliphatic rings. The molecule has 2 rings (SSSR count). The van der Waals surface area contributed by atoms with Crippen molar-refractivity contribution in [2.75, 3.05) is 7.11 Å². The molecule has 2 saturated heterocycles. The van der Waals surface area contributed by atoms with Gasteiger partial charge in [-0.1, -0.05) is 6.92 Å². The molecule has 4 atom stereocenters. The second-order valence-corrected chi connectivity index (χ2v) is 4.74. The molecule has 0 aromatic heterocycles. The van der Waals surface area contributed by atoms with Crippen molar-refractivity contribution in [3.05, 3.63) is 0 Å². The zero-order chi connectivity index (χ0) is 12.1. The number of carbonyl (C=O) groups is 2. The maximum absolute atomic E-state index is 11.8. The van der Waals surface area contributed by atoms with E-state index in [1.807, 2.05) is 13.8 Å². The maximum Gasteiger partial charge on any atom is 0.350 e. The van der Waals surface area contributed by atoms with Gasteiger partial charge in [0.2, 0.25) is 5.60 Å². The van der Waals surface area contributed by atoms with Crippen LogP contribution in [0.4, 0.5) is 0 Å². The maximum atomic E-state index is 11.8. The average molecular weight is 228 g/mol. The van der Waals surface area contributed by atoms with Crippen LogP contribution in [0.1, 0.15) is 27.2 Å². The Kier molecular flexibility index (Phi) is 2.28. The van der Waals surface area contributed by atoms with E-state index in [0.29, 0.717) is 6.42 Å². The smallest absolute Gasteiger partial charge is 0.350 e. The molecule has 2 aliphatic heterocycles. The van der Waals surface area contributed by atoms with Gasteiger partial charge in [0, 0.05) is 5.92 Å². The Balaban J connectivity index is 2.22. The molecule has 0 aliphatic carbocycles. The molecule has 0 unspecified atom stereocenters. The number of hydrogen-bond acceptors (Lipinski definition) is 5. The summed E-state index contributed by atoms with van der Waals surface area (Å²) in [5, 5.41) is 0. The lowest BCUT2D eigenvalue weighted by molar-refractivity contribution is -0.198. The molecule has 0 aromatic carbocycles. The second kappa shape index (κ2) is 3.20. The molecular weight excluding hydrogens is 212 g/mol. The fraction of sp³-hybridized carbons (Fsp3) is 0.818. The van der Waals surface area contributed by atoms with Gasteiger partial charge in [0.25, 0.3) is 0 Å². The minimum atomic E-state index is -1.19. The fourth-order valence-electron chi connectivity index (χ4n) is 2.27. The number of rotatable bonds is 1. The van der Waals surface area contributed by atoms with Crippen LogP contribution in [-0.4, -0.2) is 36.4 Å².